The zero-order chi connectivity index (χ0) is 12.4. The van der Waals surface area contributed by atoms with Gasteiger partial charge < -0.3 is 20.1 Å². The van der Waals surface area contributed by atoms with Crippen molar-refractivity contribution in [2.75, 3.05) is 18.5 Å². The first-order valence-electron chi connectivity index (χ1n) is 5.39. The van der Waals surface area contributed by atoms with Gasteiger partial charge in [0.1, 0.15) is 5.56 Å². The summed E-state index contributed by atoms with van der Waals surface area (Å²) in [4.78, 5) is 25.6. The first kappa shape index (κ1) is 11.7. The maximum Gasteiger partial charge on any atom is 0.339 e. The highest BCUT2D eigenvalue weighted by atomic mass is 16.5. The Labute approximate surface area is 98.0 Å². The number of hydrogen-bond acceptors (Lipinski definition) is 3. The molecule has 2 rings (SSSR count). The van der Waals surface area contributed by atoms with Crippen molar-refractivity contribution in [3.8, 4) is 0 Å². The average Bonchev–Trinajstić information content (AvgIpc) is 2.87. The van der Waals surface area contributed by atoms with Crippen molar-refractivity contribution >= 4 is 17.6 Å². The van der Waals surface area contributed by atoms with E-state index < -0.39 is 5.97 Å². The molecule has 1 amide bonds. The number of hydrogen-bond donors (Lipinski definition) is 3. The van der Waals surface area contributed by atoms with Crippen LogP contribution >= 0.6 is 0 Å². The van der Waals surface area contributed by atoms with E-state index in [4.69, 9.17) is 9.84 Å². The summed E-state index contributed by atoms with van der Waals surface area (Å²) in [6.07, 6.45) is 2.17. The Morgan fingerprint density at radius 1 is 1.59 bits per heavy atom. The summed E-state index contributed by atoms with van der Waals surface area (Å²) in [6.45, 7) is 2.63. The van der Waals surface area contributed by atoms with Crippen molar-refractivity contribution in [2.24, 2.45) is 5.92 Å². The van der Waals surface area contributed by atoms with Gasteiger partial charge >= 0.3 is 5.97 Å². The summed E-state index contributed by atoms with van der Waals surface area (Å²) in [7, 11) is 0. The quantitative estimate of drug-likeness (QED) is 0.732. The molecule has 1 fully saturated rings. The fourth-order valence-corrected chi connectivity index (χ4v) is 1.88. The number of nitrogens with one attached hydrogen (secondary N) is 2. The second-order valence-electron chi connectivity index (χ2n) is 4.06. The van der Waals surface area contributed by atoms with Gasteiger partial charge in [0.2, 0.25) is 5.91 Å². The number of aromatic carboxylic acids is 1. The first-order valence-corrected chi connectivity index (χ1v) is 5.39. The lowest BCUT2D eigenvalue weighted by Gasteiger charge is -2.08. The fourth-order valence-electron chi connectivity index (χ4n) is 1.88. The van der Waals surface area contributed by atoms with Crippen LogP contribution in [-0.2, 0) is 9.53 Å². The molecule has 2 heterocycles. The zero-order valence-corrected chi connectivity index (χ0v) is 9.45. The van der Waals surface area contributed by atoms with Gasteiger partial charge in [0.25, 0.3) is 0 Å². The predicted molar refractivity (Wildman–Crippen MR) is 60.0 cm³/mol. The molecule has 1 atom stereocenters. The lowest BCUT2D eigenvalue weighted by molar-refractivity contribution is -0.119. The number of aryl methyl sites for hydroxylation is 1. The topological polar surface area (TPSA) is 91.4 Å². The van der Waals surface area contributed by atoms with Crippen molar-refractivity contribution in [1.82, 2.24) is 4.98 Å². The average molecular weight is 238 g/mol. The maximum atomic E-state index is 11.8. The highest BCUT2D eigenvalue weighted by Crippen LogP contribution is 2.21. The number of ether oxygens (including phenoxy) is 1. The van der Waals surface area contributed by atoms with E-state index in [2.05, 4.69) is 10.3 Å². The summed E-state index contributed by atoms with van der Waals surface area (Å²) in [6, 6.07) is 0. The Kier molecular flexibility index (Phi) is 3.14. The Bertz CT molecular complexity index is 446. The number of carbonyl (C=O) groups is 2. The third-order valence-corrected chi connectivity index (χ3v) is 2.85. The molecule has 0 radical (unpaired) electrons. The van der Waals surface area contributed by atoms with Crippen LogP contribution in [0, 0.1) is 12.8 Å². The third-order valence-electron chi connectivity index (χ3n) is 2.85. The Balaban J connectivity index is 2.13. The van der Waals surface area contributed by atoms with Crippen LogP contribution in [-0.4, -0.2) is 35.2 Å². The van der Waals surface area contributed by atoms with Crippen LogP contribution in [0.25, 0.3) is 0 Å². The van der Waals surface area contributed by atoms with Gasteiger partial charge in [-0.15, -0.1) is 0 Å². The SMILES string of the molecule is Cc1[nH]cc(NC(=O)C2CCOC2)c1C(=O)O. The van der Waals surface area contributed by atoms with Gasteiger partial charge in [0.05, 0.1) is 18.2 Å². The van der Waals surface area contributed by atoms with E-state index in [1.54, 1.807) is 6.92 Å². The van der Waals surface area contributed by atoms with Crippen molar-refractivity contribution in [2.45, 2.75) is 13.3 Å². The van der Waals surface area contributed by atoms with E-state index >= 15 is 0 Å². The number of carbonyl (C=O) groups excluding carboxylic acids is 1. The molecular weight excluding hydrogens is 224 g/mol. The second-order valence-corrected chi connectivity index (χ2v) is 4.06. The zero-order valence-electron chi connectivity index (χ0n) is 9.45. The maximum absolute atomic E-state index is 11.8. The minimum atomic E-state index is -1.05. The number of carboxylic acids is 1. The summed E-state index contributed by atoms with van der Waals surface area (Å²) in [5, 5.41) is 11.6. The Morgan fingerprint density at radius 3 is 2.94 bits per heavy atom. The van der Waals surface area contributed by atoms with E-state index in [0.29, 0.717) is 31.0 Å². The standard InChI is InChI=1S/C11H14N2O4/c1-6-9(11(15)16)8(4-12-6)13-10(14)7-2-3-17-5-7/h4,7,12H,2-3,5H2,1H3,(H,13,14)(H,15,16). The molecule has 0 aromatic carbocycles. The van der Waals surface area contributed by atoms with Gasteiger partial charge in [0.15, 0.2) is 0 Å². The lowest BCUT2D eigenvalue weighted by Crippen LogP contribution is -2.23. The molecule has 6 heteroatoms. The van der Waals surface area contributed by atoms with Crippen LogP contribution in [0.3, 0.4) is 0 Å². The number of rotatable bonds is 3. The normalized spacial score (nSPS) is 19.2. The van der Waals surface area contributed by atoms with Crippen LogP contribution in [0.4, 0.5) is 5.69 Å². The van der Waals surface area contributed by atoms with Crippen molar-refractivity contribution < 1.29 is 19.4 Å². The largest absolute Gasteiger partial charge is 0.478 e. The van der Waals surface area contributed by atoms with E-state index in [0.717, 1.165) is 0 Å². The molecule has 0 aliphatic carbocycles. The van der Waals surface area contributed by atoms with Crippen LogP contribution in [0.2, 0.25) is 0 Å². The minimum absolute atomic E-state index is 0.109. The Hall–Kier alpha value is -1.82. The molecule has 6 nitrogen and oxygen atoms in total. The second kappa shape index (κ2) is 4.58. The molecule has 1 aromatic rings. The van der Waals surface area contributed by atoms with Crippen LogP contribution in [0.15, 0.2) is 6.20 Å². The molecule has 1 aromatic heterocycles. The number of carboxylic acid groups (broad SMARTS) is 1. The number of H-pyrrole nitrogens is 1. The molecule has 1 unspecified atom stereocenters. The Morgan fingerprint density at radius 2 is 2.35 bits per heavy atom. The summed E-state index contributed by atoms with van der Waals surface area (Å²) < 4.78 is 5.11. The molecule has 1 aliphatic heterocycles. The molecule has 17 heavy (non-hydrogen) atoms. The summed E-state index contributed by atoms with van der Waals surface area (Å²) in [5.74, 6) is -1.43. The summed E-state index contributed by atoms with van der Waals surface area (Å²) in [5.41, 5.74) is 0.944. The predicted octanol–water partition coefficient (Wildman–Crippen LogP) is 0.996. The third kappa shape index (κ3) is 2.31. The van der Waals surface area contributed by atoms with Gasteiger partial charge in [-0.25, -0.2) is 4.79 Å². The number of anilines is 1. The van der Waals surface area contributed by atoms with Gasteiger partial charge in [-0.2, -0.15) is 0 Å². The molecule has 92 valence electrons. The smallest absolute Gasteiger partial charge is 0.339 e. The van der Waals surface area contributed by atoms with Crippen LogP contribution in [0.5, 0.6) is 0 Å². The molecule has 1 aliphatic rings. The molecular formula is C11H14N2O4. The van der Waals surface area contributed by atoms with Gasteiger partial charge in [0, 0.05) is 18.5 Å². The minimum Gasteiger partial charge on any atom is -0.478 e. The first-order chi connectivity index (χ1) is 8.09. The van der Waals surface area contributed by atoms with Crippen LogP contribution in [0.1, 0.15) is 22.5 Å². The molecule has 0 bridgehead atoms. The molecule has 1 saturated heterocycles. The van der Waals surface area contributed by atoms with Crippen molar-refractivity contribution in [1.29, 1.82) is 0 Å². The van der Waals surface area contributed by atoms with E-state index in [9.17, 15) is 9.59 Å². The molecule has 3 N–H and O–H groups in total. The van der Waals surface area contributed by atoms with Crippen molar-refractivity contribution in [3.05, 3.63) is 17.5 Å². The highest BCUT2D eigenvalue weighted by Gasteiger charge is 2.25. The number of aromatic nitrogens is 1. The fraction of sp³-hybridized carbons (Fsp3) is 0.455. The number of aromatic amines is 1. The number of amides is 1. The highest BCUT2D eigenvalue weighted by molar-refractivity contribution is 6.02. The van der Waals surface area contributed by atoms with E-state index in [1.165, 1.54) is 6.20 Å². The summed E-state index contributed by atoms with van der Waals surface area (Å²) >= 11 is 0. The van der Waals surface area contributed by atoms with Crippen molar-refractivity contribution in [3.63, 3.8) is 0 Å². The van der Waals surface area contributed by atoms with Gasteiger partial charge in [-0.1, -0.05) is 0 Å². The van der Waals surface area contributed by atoms with Gasteiger partial charge in [-0.3, -0.25) is 4.79 Å². The van der Waals surface area contributed by atoms with Crippen LogP contribution < -0.4 is 5.32 Å². The van der Waals surface area contributed by atoms with E-state index in [-0.39, 0.29) is 17.4 Å². The molecule has 0 spiro atoms. The lowest BCUT2D eigenvalue weighted by atomic mass is 10.1. The van der Waals surface area contributed by atoms with E-state index in [1.807, 2.05) is 0 Å². The van der Waals surface area contributed by atoms with Gasteiger partial charge in [-0.05, 0) is 13.3 Å². The monoisotopic (exact) mass is 238 g/mol. The molecule has 0 saturated carbocycles.